The van der Waals surface area contributed by atoms with Crippen molar-refractivity contribution in [3.63, 3.8) is 0 Å². The molecule has 2 N–H and O–H groups in total. The first-order valence-electron chi connectivity index (χ1n) is 3.93. The Morgan fingerprint density at radius 2 is 2.07 bits per heavy atom. The van der Waals surface area contributed by atoms with Crippen molar-refractivity contribution < 1.29 is 24.5 Å². The highest BCUT2D eigenvalue weighted by Gasteiger charge is 1.97. The molecule has 0 saturated carbocycles. The van der Waals surface area contributed by atoms with Crippen LogP contribution >= 0.6 is 0 Å². The maximum atomic E-state index is 10.8. The van der Waals surface area contributed by atoms with E-state index in [4.69, 9.17) is 10.2 Å². The molecule has 0 amide bonds. The Balaban J connectivity index is 3.99. The number of aliphatic hydroxyl groups is 1. The molecule has 0 rings (SSSR count). The molecule has 0 heterocycles. The van der Waals surface area contributed by atoms with Gasteiger partial charge in [0.05, 0.1) is 6.61 Å². The molecule has 5 nitrogen and oxygen atoms in total. The van der Waals surface area contributed by atoms with Gasteiger partial charge in [0.25, 0.3) is 0 Å². The number of carbonyl (C=O) groups excluding carboxylic acids is 1. The molecule has 0 unspecified atom stereocenters. The van der Waals surface area contributed by atoms with Crippen LogP contribution in [-0.4, -0.2) is 35.4 Å². The molecule has 14 heavy (non-hydrogen) atoms. The van der Waals surface area contributed by atoms with E-state index in [-0.39, 0.29) is 18.8 Å². The molecule has 0 aliphatic rings. The quantitative estimate of drug-likeness (QED) is 0.374. The van der Waals surface area contributed by atoms with Crippen LogP contribution in [0, 0.1) is 0 Å². The van der Waals surface area contributed by atoms with E-state index in [1.165, 1.54) is 19.1 Å². The summed E-state index contributed by atoms with van der Waals surface area (Å²) in [5.74, 6) is -1.66. The lowest BCUT2D eigenvalue weighted by Gasteiger charge is -1.95. The van der Waals surface area contributed by atoms with E-state index in [9.17, 15) is 9.59 Å². The van der Waals surface area contributed by atoms with Crippen LogP contribution in [-0.2, 0) is 14.3 Å². The summed E-state index contributed by atoms with van der Waals surface area (Å²) in [7, 11) is 0. The van der Waals surface area contributed by atoms with Gasteiger partial charge in [0.15, 0.2) is 0 Å². The summed E-state index contributed by atoms with van der Waals surface area (Å²) in [5.41, 5.74) is 0.121. The van der Waals surface area contributed by atoms with Gasteiger partial charge in [0.1, 0.15) is 6.61 Å². The number of aliphatic hydroxyl groups excluding tert-OH is 1. The zero-order valence-corrected chi connectivity index (χ0v) is 7.77. The summed E-state index contributed by atoms with van der Waals surface area (Å²) >= 11 is 0. The van der Waals surface area contributed by atoms with Crippen molar-refractivity contribution in [1.29, 1.82) is 0 Å². The topological polar surface area (TPSA) is 83.8 Å². The maximum absolute atomic E-state index is 10.8. The van der Waals surface area contributed by atoms with Crippen molar-refractivity contribution in [2.24, 2.45) is 0 Å². The standard InChI is InChI=1S/C9H12O5/c1-7(9(12)13)3-2-4-8(11)14-6-5-10/h2-4,10H,5-6H2,1H3,(H,12,13). The summed E-state index contributed by atoms with van der Waals surface area (Å²) in [6, 6.07) is 0. The Morgan fingerprint density at radius 1 is 1.43 bits per heavy atom. The Morgan fingerprint density at radius 3 is 2.57 bits per heavy atom. The number of hydrogen-bond donors (Lipinski definition) is 2. The molecule has 0 aliphatic carbocycles. The van der Waals surface area contributed by atoms with Gasteiger partial charge < -0.3 is 14.9 Å². The van der Waals surface area contributed by atoms with Gasteiger partial charge in [-0.2, -0.15) is 0 Å². The number of rotatable bonds is 5. The van der Waals surface area contributed by atoms with Crippen molar-refractivity contribution >= 4 is 11.9 Å². The van der Waals surface area contributed by atoms with E-state index in [1.807, 2.05) is 0 Å². The first-order chi connectivity index (χ1) is 6.57. The number of carboxylic acid groups (broad SMARTS) is 1. The minimum absolute atomic E-state index is 0.0647. The van der Waals surface area contributed by atoms with Gasteiger partial charge in [-0.25, -0.2) is 9.59 Å². The average Bonchev–Trinajstić information content (AvgIpc) is 2.14. The second kappa shape index (κ2) is 6.85. The number of carbonyl (C=O) groups is 2. The molecule has 5 heteroatoms. The van der Waals surface area contributed by atoms with Gasteiger partial charge in [0.2, 0.25) is 0 Å². The number of esters is 1. The monoisotopic (exact) mass is 200 g/mol. The molecule has 0 bridgehead atoms. The first kappa shape index (κ1) is 12.4. The second-order valence-electron chi connectivity index (χ2n) is 2.41. The fourth-order valence-corrected chi connectivity index (χ4v) is 0.537. The molecule has 0 spiro atoms. The third kappa shape index (κ3) is 5.96. The summed E-state index contributed by atoms with van der Waals surface area (Å²) < 4.78 is 4.48. The van der Waals surface area contributed by atoms with E-state index in [0.29, 0.717) is 0 Å². The molecule has 0 aromatic carbocycles. The van der Waals surface area contributed by atoms with Crippen LogP contribution in [0.25, 0.3) is 0 Å². The van der Waals surface area contributed by atoms with Gasteiger partial charge in [-0.15, -0.1) is 0 Å². The third-order valence-corrected chi connectivity index (χ3v) is 1.25. The highest BCUT2D eigenvalue weighted by atomic mass is 16.5. The molecule has 0 fully saturated rings. The minimum Gasteiger partial charge on any atom is -0.478 e. The van der Waals surface area contributed by atoms with Gasteiger partial charge in [0, 0.05) is 11.6 Å². The van der Waals surface area contributed by atoms with Crippen molar-refractivity contribution in [3.05, 3.63) is 23.8 Å². The van der Waals surface area contributed by atoms with E-state index in [2.05, 4.69) is 4.74 Å². The van der Waals surface area contributed by atoms with Gasteiger partial charge in [-0.1, -0.05) is 12.2 Å². The van der Waals surface area contributed by atoms with Crippen LogP contribution < -0.4 is 0 Å². The minimum atomic E-state index is -1.04. The lowest BCUT2D eigenvalue weighted by atomic mass is 10.3. The normalized spacial score (nSPS) is 11.7. The zero-order chi connectivity index (χ0) is 11.0. The maximum Gasteiger partial charge on any atom is 0.331 e. The molecule has 0 aliphatic heterocycles. The highest BCUT2D eigenvalue weighted by Crippen LogP contribution is 1.92. The fourth-order valence-electron chi connectivity index (χ4n) is 0.537. The van der Waals surface area contributed by atoms with Gasteiger partial charge >= 0.3 is 11.9 Å². The van der Waals surface area contributed by atoms with Crippen molar-refractivity contribution in [1.82, 2.24) is 0 Å². The molecule has 0 aromatic heterocycles. The molecule has 0 aromatic rings. The summed E-state index contributed by atoms with van der Waals surface area (Å²) in [4.78, 5) is 21.1. The van der Waals surface area contributed by atoms with Crippen LogP contribution in [0.3, 0.4) is 0 Å². The largest absolute Gasteiger partial charge is 0.478 e. The smallest absolute Gasteiger partial charge is 0.331 e. The Bertz CT molecular complexity index is 264. The number of allylic oxidation sites excluding steroid dienone is 2. The number of hydrogen-bond acceptors (Lipinski definition) is 4. The molecule has 0 saturated heterocycles. The predicted octanol–water partition coefficient (Wildman–Crippen LogP) is 0.109. The van der Waals surface area contributed by atoms with Crippen molar-refractivity contribution in [3.8, 4) is 0 Å². The van der Waals surface area contributed by atoms with E-state index in [1.54, 1.807) is 0 Å². The highest BCUT2D eigenvalue weighted by molar-refractivity contribution is 5.87. The second-order valence-corrected chi connectivity index (χ2v) is 2.41. The lowest BCUT2D eigenvalue weighted by Crippen LogP contribution is -2.05. The predicted molar refractivity (Wildman–Crippen MR) is 48.6 cm³/mol. The van der Waals surface area contributed by atoms with Crippen LogP contribution in [0.15, 0.2) is 23.8 Å². The number of aliphatic carboxylic acids is 1. The Hall–Kier alpha value is -1.62. The molecule has 78 valence electrons. The van der Waals surface area contributed by atoms with E-state index in [0.717, 1.165) is 6.08 Å². The van der Waals surface area contributed by atoms with Crippen LogP contribution in [0.4, 0.5) is 0 Å². The van der Waals surface area contributed by atoms with Gasteiger partial charge in [-0.3, -0.25) is 0 Å². The summed E-state index contributed by atoms with van der Waals surface area (Å²) in [6.07, 6.45) is 3.65. The number of ether oxygens (including phenoxy) is 1. The third-order valence-electron chi connectivity index (χ3n) is 1.25. The van der Waals surface area contributed by atoms with Crippen molar-refractivity contribution in [2.75, 3.05) is 13.2 Å². The molecular weight excluding hydrogens is 188 g/mol. The molecule has 0 atom stereocenters. The lowest BCUT2D eigenvalue weighted by molar-refractivity contribution is -0.138. The zero-order valence-electron chi connectivity index (χ0n) is 7.77. The van der Waals surface area contributed by atoms with Crippen LogP contribution in [0.5, 0.6) is 0 Å². The average molecular weight is 200 g/mol. The first-order valence-corrected chi connectivity index (χ1v) is 3.93. The van der Waals surface area contributed by atoms with Crippen LogP contribution in [0.2, 0.25) is 0 Å². The Labute approximate surface area is 81.3 Å². The van der Waals surface area contributed by atoms with E-state index >= 15 is 0 Å². The number of carboxylic acids is 1. The fraction of sp³-hybridized carbons (Fsp3) is 0.333. The van der Waals surface area contributed by atoms with Gasteiger partial charge in [-0.05, 0) is 6.92 Å². The van der Waals surface area contributed by atoms with Crippen molar-refractivity contribution in [2.45, 2.75) is 6.92 Å². The summed E-state index contributed by atoms with van der Waals surface area (Å²) in [5, 5.41) is 16.7. The summed E-state index contributed by atoms with van der Waals surface area (Å²) in [6.45, 7) is 1.11. The Kier molecular flexibility index (Phi) is 6.06. The molecular formula is C9H12O5. The SMILES string of the molecule is CC(=CC=CC(=O)OCCO)C(=O)O. The van der Waals surface area contributed by atoms with E-state index < -0.39 is 11.9 Å². The molecule has 0 radical (unpaired) electrons. The van der Waals surface area contributed by atoms with Crippen LogP contribution in [0.1, 0.15) is 6.92 Å².